The first kappa shape index (κ1) is 27.3. The zero-order valence-corrected chi connectivity index (χ0v) is 23.3. The quantitative estimate of drug-likeness (QED) is 0.139. The standard InChI is InChI=1S/C28H23BrO8S/c1-16(30)36-24-18-11-9-15-22(38(32)21-14-8-6-12-19(21)29)23(18)25(27(35-4)26(24)34-3)37-28(31)17-10-5-7-13-20(17)33-2/h5-15H,1-4H3. The summed E-state index contributed by atoms with van der Waals surface area (Å²) in [5, 5.41) is 0.581. The Labute approximate surface area is 230 Å². The second-order valence-electron chi connectivity index (χ2n) is 7.79. The molecule has 0 saturated carbocycles. The molecule has 8 nitrogen and oxygen atoms in total. The van der Waals surface area contributed by atoms with Gasteiger partial charge in [-0.3, -0.25) is 4.79 Å². The van der Waals surface area contributed by atoms with Gasteiger partial charge in [0.25, 0.3) is 0 Å². The number of halogens is 1. The van der Waals surface area contributed by atoms with Crippen molar-refractivity contribution in [2.45, 2.75) is 16.7 Å². The molecule has 0 heterocycles. The lowest BCUT2D eigenvalue weighted by molar-refractivity contribution is -0.131. The number of fused-ring (bicyclic) bond motifs is 1. The Kier molecular flexibility index (Phi) is 8.45. The van der Waals surface area contributed by atoms with Gasteiger partial charge in [0.15, 0.2) is 21.3 Å². The van der Waals surface area contributed by atoms with E-state index in [4.69, 9.17) is 23.7 Å². The molecule has 0 bridgehead atoms. The molecule has 0 aliphatic carbocycles. The molecule has 0 saturated heterocycles. The molecule has 0 aliphatic heterocycles. The maximum absolute atomic E-state index is 13.9. The van der Waals surface area contributed by atoms with Crippen molar-refractivity contribution in [3.8, 4) is 28.7 Å². The Hall–Kier alpha value is -3.73. The number of esters is 2. The Bertz CT molecular complexity index is 1520. The highest BCUT2D eigenvalue weighted by Gasteiger charge is 2.32. The van der Waals surface area contributed by atoms with Crippen LogP contribution in [-0.2, 0) is 16.0 Å². The van der Waals surface area contributed by atoms with Gasteiger partial charge in [0.2, 0.25) is 11.5 Å². The van der Waals surface area contributed by atoms with Crippen LogP contribution in [0.1, 0.15) is 17.3 Å². The van der Waals surface area contributed by atoms with Gasteiger partial charge in [0.1, 0.15) is 11.3 Å². The highest BCUT2D eigenvalue weighted by atomic mass is 79.9. The van der Waals surface area contributed by atoms with E-state index in [1.807, 2.05) is 0 Å². The van der Waals surface area contributed by atoms with Gasteiger partial charge in [-0.1, -0.05) is 30.3 Å². The summed E-state index contributed by atoms with van der Waals surface area (Å²) in [6, 6.07) is 18.6. The summed E-state index contributed by atoms with van der Waals surface area (Å²) in [7, 11) is 4.17. The summed E-state index contributed by atoms with van der Waals surface area (Å²) in [4.78, 5) is 26.2. The molecule has 0 aromatic heterocycles. The molecule has 38 heavy (non-hydrogen) atoms. The van der Waals surface area contributed by atoms with Gasteiger partial charge in [-0.2, -0.15) is 0 Å². The van der Waals surface area contributed by atoms with Crippen LogP contribution in [0.5, 0.6) is 28.7 Å². The molecule has 0 amide bonds. The monoisotopic (exact) mass is 598 g/mol. The first-order chi connectivity index (χ1) is 18.3. The van der Waals surface area contributed by atoms with Crippen LogP contribution >= 0.6 is 15.9 Å². The van der Waals surface area contributed by atoms with E-state index in [2.05, 4.69) is 15.9 Å². The topological polar surface area (TPSA) is 103 Å². The van der Waals surface area contributed by atoms with Crippen LogP contribution in [0.2, 0.25) is 0 Å². The number of para-hydroxylation sites is 1. The van der Waals surface area contributed by atoms with Gasteiger partial charge in [-0.05, 0) is 52.3 Å². The van der Waals surface area contributed by atoms with Crippen LogP contribution in [0, 0.1) is 0 Å². The van der Waals surface area contributed by atoms with E-state index in [1.165, 1.54) is 28.3 Å². The number of carbonyl (C=O) groups is 2. The smallest absolute Gasteiger partial charge is 0.347 e. The van der Waals surface area contributed by atoms with E-state index in [-0.39, 0.29) is 33.9 Å². The first-order valence-corrected chi connectivity index (χ1v) is 13.2. The zero-order valence-electron chi connectivity index (χ0n) is 20.9. The largest absolute Gasteiger partial charge is 0.606 e. The number of methoxy groups -OCH3 is 3. The number of ether oxygens (including phenoxy) is 5. The Balaban J connectivity index is 2.06. The van der Waals surface area contributed by atoms with Crippen LogP contribution in [0.15, 0.2) is 81.0 Å². The fourth-order valence-corrected chi connectivity index (χ4v) is 5.94. The number of hydrogen-bond acceptors (Lipinski definition) is 8. The lowest BCUT2D eigenvalue weighted by Crippen LogP contribution is -2.14. The summed E-state index contributed by atoms with van der Waals surface area (Å²) in [5.74, 6) is -1.05. The van der Waals surface area contributed by atoms with Gasteiger partial charge < -0.3 is 28.2 Å². The van der Waals surface area contributed by atoms with Crippen molar-refractivity contribution in [1.29, 1.82) is 0 Å². The number of carbonyl (C=O) groups excluding carboxylic acids is 2. The van der Waals surface area contributed by atoms with Gasteiger partial charge in [-0.15, -0.1) is 0 Å². The van der Waals surface area contributed by atoms with Gasteiger partial charge in [0.05, 0.1) is 31.2 Å². The molecular weight excluding hydrogens is 576 g/mol. The molecule has 0 aliphatic rings. The van der Waals surface area contributed by atoms with Gasteiger partial charge >= 0.3 is 11.9 Å². The fraction of sp³-hybridized carbons (Fsp3) is 0.143. The van der Waals surface area contributed by atoms with Crippen molar-refractivity contribution in [1.82, 2.24) is 0 Å². The molecule has 4 aromatic rings. The summed E-state index contributed by atoms with van der Waals surface area (Å²) in [5.41, 5.74) is 0.164. The molecule has 10 heteroatoms. The predicted octanol–water partition coefficient (Wildman–Crippen LogP) is 5.94. The Morgan fingerprint density at radius 3 is 2.03 bits per heavy atom. The lowest BCUT2D eigenvalue weighted by atomic mass is 10.1. The molecular formula is C28H23BrO8S. The van der Waals surface area contributed by atoms with Crippen molar-refractivity contribution in [2.75, 3.05) is 21.3 Å². The molecule has 4 rings (SSSR count). The second-order valence-corrected chi connectivity index (χ2v) is 10.1. The number of benzene rings is 4. The van der Waals surface area contributed by atoms with Crippen LogP contribution in [0.25, 0.3) is 10.8 Å². The normalized spacial score (nSPS) is 11.5. The van der Waals surface area contributed by atoms with Crippen molar-refractivity contribution in [3.05, 3.63) is 76.8 Å². The van der Waals surface area contributed by atoms with Crippen molar-refractivity contribution >= 4 is 49.8 Å². The second kappa shape index (κ2) is 11.8. The van der Waals surface area contributed by atoms with Crippen molar-refractivity contribution in [3.63, 3.8) is 0 Å². The van der Waals surface area contributed by atoms with Gasteiger partial charge in [0, 0.05) is 23.5 Å². The highest BCUT2D eigenvalue weighted by Crippen LogP contribution is 2.53. The van der Waals surface area contributed by atoms with E-state index < -0.39 is 23.1 Å². The molecule has 0 fully saturated rings. The minimum Gasteiger partial charge on any atom is -0.606 e. The minimum absolute atomic E-state index is 0.0175. The summed E-state index contributed by atoms with van der Waals surface area (Å²) < 4.78 is 42.5. The fourth-order valence-electron chi connectivity index (χ4n) is 3.94. The molecule has 4 aromatic carbocycles. The van der Waals surface area contributed by atoms with E-state index in [0.717, 1.165) is 0 Å². The minimum atomic E-state index is -1.75. The zero-order chi connectivity index (χ0) is 27.4. The van der Waals surface area contributed by atoms with E-state index >= 15 is 0 Å². The number of hydrogen-bond donors (Lipinski definition) is 0. The van der Waals surface area contributed by atoms with E-state index in [1.54, 1.807) is 66.7 Å². The Morgan fingerprint density at radius 1 is 0.737 bits per heavy atom. The molecule has 196 valence electrons. The Morgan fingerprint density at radius 2 is 1.37 bits per heavy atom. The lowest BCUT2D eigenvalue weighted by Gasteiger charge is -2.21. The third kappa shape index (κ3) is 5.15. The molecule has 0 spiro atoms. The van der Waals surface area contributed by atoms with Crippen molar-refractivity contribution < 1.29 is 37.8 Å². The van der Waals surface area contributed by atoms with Crippen LogP contribution in [0.4, 0.5) is 0 Å². The van der Waals surface area contributed by atoms with Gasteiger partial charge in [-0.25, -0.2) is 4.79 Å². The number of rotatable bonds is 8. The first-order valence-electron chi connectivity index (χ1n) is 11.2. The van der Waals surface area contributed by atoms with Crippen LogP contribution in [-0.4, -0.2) is 37.8 Å². The maximum atomic E-state index is 13.9. The predicted molar refractivity (Wildman–Crippen MR) is 145 cm³/mol. The molecule has 1 unspecified atom stereocenters. The third-order valence-corrected chi connectivity index (χ3v) is 7.98. The van der Waals surface area contributed by atoms with Crippen LogP contribution < -0.4 is 23.7 Å². The third-order valence-electron chi connectivity index (χ3n) is 5.53. The van der Waals surface area contributed by atoms with E-state index in [0.29, 0.717) is 25.4 Å². The summed E-state index contributed by atoms with van der Waals surface area (Å²) in [6.45, 7) is 1.25. The average Bonchev–Trinajstić information content (AvgIpc) is 2.93. The van der Waals surface area contributed by atoms with Crippen molar-refractivity contribution in [2.24, 2.45) is 0 Å². The highest BCUT2D eigenvalue weighted by molar-refractivity contribution is 9.10. The average molecular weight is 599 g/mol. The van der Waals surface area contributed by atoms with Crippen LogP contribution in [0.3, 0.4) is 0 Å². The maximum Gasteiger partial charge on any atom is 0.347 e. The molecule has 0 radical (unpaired) electrons. The molecule has 1 atom stereocenters. The summed E-state index contributed by atoms with van der Waals surface area (Å²) in [6.07, 6.45) is 0. The molecule has 0 N–H and O–H groups in total. The van der Waals surface area contributed by atoms with E-state index in [9.17, 15) is 14.1 Å². The summed E-state index contributed by atoms with van der Waals surface area (Å²) >= 11 is 1.71. The SMILES string of the molecule is COc1ccccc1C(=O)Oc1c(OC)c(OC)c(OC(C)=O)c2cccc([S+]([O-])c3ccccc3Br)c12.